The summed E-state index contributed by atoms with van der Waals surface area (Å²) in [7, 11) is 0. The number of amides is 1. The van der Waals surface area contributed by atoms with E-state index in [1.54, 1.807) is 19.9 Å². The fourth-order valence-corrected chi connectivity index (χ4v) is 5.05. The first kappa shape index (κ1) is 21.1. The van der Waals surface area contributed by atoms with E-state index < -0.39 is 17.3 Å². The lowest BCUT2D eigenvalue weighted by atomic mass is 9.75. The predicted molar refractivity (Wildman–Crippen MR) is 116 cm³/mol. The molecule has 1 unspecified atom stereocenters. The van der Waals surface area contributed by atoms with E-state index in [1.165, 1.54) is 6.07 Å². The highest BCUT2D eigenvalue weighted by molar-refractivity contribution is 5.93. The molecule has 7 nitrogen and oxygen atoms in total. The number of carbonyl (C=O) groups is 1. The number of likely N-dealkylation sites (tertiary alicyclic amines) is 1. The number of rotatable bonds is 3. The van der Waals surface area contributed by atoms with Crippen LogP contribution >= 0.6 is 0 Å². The number of imidazole rings is 1. The van der Waals surface area contributed by atoms with Gasteiger partial charge in [0.1, 0.15) is 17.2 Å². The first-order valence-electron chi connectivity index (χ1n) is 11.0. The third-order valence-corrected chi connectivity index (χ3v) is 6.67. The van der Waals surface area contributed by atoms with Crippen molar-refractivity contribution in [3.05, 3.63) is 40.5 Å². The third kappa shape index (κ3) is 3.60. The molecule has 3 aliphatic heterocycles. The Morgan fingerprint density at radius 3 is 2.75 bits per heavy atom. The van der Waals surface area contributed by atoms with Crippen molar-refractivity contribution < 1.29 is 19.4 Å². The standard InChI is InChI=1S/C24H27FN4O3/c1-24(2,32)5-3-13-9-18-17(10-19(13)25)14-7-15(8-14)29-20(12-28-6-4-16(30)11-28)21(22(26)31)27-23(18)29/h9-10,14-16,30,32H,4,6-8,11-12H2,1-2H3,(H2,26,31). The molecule has 2 bridgehead atoms. The molecule has 2 fully saturated rings. The van der Waals surface area contributed by atoms with E-state index >= 15 is 0 Å². The van der Waals surface area contributed by atoms with Crippen molar-refractivity contribution >= 4 is 5.91 Å². The number of nitrogens with two attached hydrogens (primary N) is 1. The minimum Gasteiger partial charge on any atom is -0.392 e. The summed E-state index contributed by atoms with van der Waals surface area (Å²) in [6.07, 6.45) is 2.02. The fourth-order valence-electron chi connectivity index (χ4n) is 5.05. The van der Waals surface area contributed by atoms with Crippen LogP contribution in [-0.2, 0) is 6.54 Å². The molecule has 4 N–H and O–H groups in total. The lowest BCUT2D eigenvalue weighted by Gasteiger charge is -2.36. The van der Waals surface area contributed by atoms with Gasteiger partial charge in [-0.05, 0) is 56.7 Å². The van der Waals surface area contributed by atoms with Crippen molar-refractivity contribution in [1.82, 2.24) is 14.5 Å². The molecular formula is C24H27FN4O3. The second-order valence-corrected chi connectivity index (χ2v) is 9.69. The lowest BCUT2D eigenvalue weighted by molar-refractivity contribution is 0.0993. The fraction of sp³-hybridized carbons (Fsp3) is 0.500. The minimum atomic E-state index is -1.24. The molecule has 6 rings (SSSR count). The summed E-state index contributed by atoms with van der Waals surface area (Å²) in [6.45, 7) is 4.86. The first-order valence-corrected chi connectivity index (χ1v) is 11.0. The Labute approximate surface area is 186 Å². The predicted octanol–water partition coefficient (Wildman–Crippen LogP) is 1.91. The van der Waals surface area contributed by atoms with Crippen LogP contribution < -0.4 is 5.73 Å². The van der Waals surface area contributed by atoms with Gasteiger partial charge < -0.3 is 20.5 Å². The van der Waals surface area contributed by atoms with Crippen molar-refractivity contribution in [2.24, 2.45) is 5.73 Å². The number of benzene rings is 1. The first-order chi connectivity index (χ1) is 15.1. The smallest absolute Gasteiger partial charge is 0.269 e. The minimum absolute atomic E-state index is 0.166. The molecule has 1 amide bonds. The van der Waals surface area contributed by atoms with Crippen molar-refractivity contribution in [2.45, 2.75) is 63.3 Å². The summed E-state index contributed by atoms with van der Waals surface area (Å²) in [6, 6.07) is 3.37. The Bertz CT molecular complexity index is 1160. The van der Waals surface area contributed by atoms with E-state index in [0.29, 0.717) is 25.3 Å². The number of primary amides is 1. The molecule has 4 heterocycles. The van der Waals surface area contributed by atoms with E-state index in [9.17, 15) is 19.4 Å². The van der Waals surface area contributed by atoms with E-state index in [-0.39, 0.29) is 29.3 Å². The lowest BCUT2D eigenvalue weighted by Crippen LogP contribution is -2.29. The van der Waals surface area contributed by atoms with Crippen molar-refractivity contribution in [1.29, 1.82) is 0 Å². The second-order valence-electron chi connectivity index (χ2n) is 9.69. The number of β-amino-alcohol motifs (C(OH)–C–C–N with tert-alkyl or cyclic N) is 1. The second kappa shape index (κ2) is 7.41. The average Bonchev–Trinajstić information content (AvgIpc) is 3.17. The van der Waals surface area contributed by atoms with Crippen molar-refractivity contribution in [3.8, 4) is 23.2 Å². The van der Waals surface area contributed by atoms with Gasteiger partial charge in [-0.3, -0.25) is 9.69 Å². The highest BCUT2D eigenvalue weighted by Gasteiger charge is 2.42. The van der Waals surface area contributed by atoms with Gasteiger partial charge in [-0.15, -0.1) is 0 Å². The molecular weight excluding hydrogens is 411 g/mol. The zero-order valence-electron chi connectivity index (χ0n) is 18.2. The SMILES string of the molecule is CC(C)(O)C#Cc1cc2c(cc1F)C1CC(C1)n1c-2nc(C(N)=O)c1CN1CCC(O)C1. The maximum atomic E-state index is 14.9. The molecule has 1 aromatic heterocycles. The van der Waals surface area contributed by atoms with Crippen LogP contribution in [0.2, 0.25) is 0 Å². The van der Waals surface area contributed by atoms with Crippen LogP contribution in [0.4, 0.5) is 4.39 Å². The zero-order valence-corrected chi connectivity index (χ0v) is 18.2. The van der Waals surface area contributed by atoms with Gasteiger partial charge in [0.15, 0.2) is 5.69 Å². The van der Waals surface area contributed by atoms with Gasteiger partial charge in [0.25, 0.3) is 5.91 Å². The monoisotopic (exact) mass is 438 g/mol. The summed E-state index contributed by atoms with van der Waals surface area (Å²) in [5.41, 5.74) is 7.25. The van der Waals surface area contributed by atoms with Gasteiger partial charge in [0.2, 0.25) is 0 Å². The van der Waals surface area contributed by atoms with Gasteiger partial charge in [0.05, 0.1) is 17.4 Å². The number of carbonyl (C=O) groups excluding carboxylic acids is 1. The maximum Gasteiger partial charge on any atom is 0.269 e. The van der Waals surface area contributed by atoms with E-state index in [4.69, 9.17) is 5.73 Å². The molecule has 8 heteroatoms. The summed E-state index contributed by atoms with van der Waals surface area (Å²) >= 11 is 0. The Morgan fingerprint density at radius 1 is 1.38 bits per heavy atom. The number of aromatic nitrogens is 2. The normalized spacial score (nSPS) is 24.1. The summed E-state index contributed by atoms with van der Waals surface area (Å²) < 4.78 is 17.0. The largest absolute Gasteiger partial charge is 0.392 e. The number of halogens is 1. The molecule has 1 saturated carbocycles. The molecule has 2 aromatic rings. The van der Waals surface area contributed by atoms with Crippen LogP contribution in [0.3, 0.4) is 0 Å². The number of hydrogen-bond donors (Lipinski definition) is 3. The van der Waals surface area contributed by atoms with E-state index in [1.807, 2.05) is 0 Å². The number of aliphatic hydroxyl groups excluding tert-OH is 1. The Hall–Kier alpha value is -2.73. The van der Waals surface area contributed by atoms with Gasteiger partial charge in [0, 0.05) is 31.2 Å². The van der Waals surface area contributed by atoms with Crippen LogP contribution in [0.1, 0.15) is 72.4 Å². The van der Waals surface area contributed by atoms with Crippen LogP contribution in [0.15, 0.2) is 12.1 Å². The van der Waals surface area contributed by atoms with Crippen LogP contribution in [0.5, 0.6) is 0 Å². The number of hydrogen-bond acceptors (Lipinski definition) is 5. The summed E-state index contributed by atoms with van der Waals surface area (Å²) in [5.74, 6) is 5.23. The molecule has 168 valence electrons. The van der Waals surface area contributed by atoms with Gasteiger partial charge in [-0.1, -0.05) is 11.8 Å². The Balaban J connectivity index is 1.65. The van der Waals surface area contributed by atoms with Crippen LogP contribution in [0, 0.1) is 17.7 Å². The quantitative estimate of drug-likeness (QED) is 0.635. The Morgan fingerprint density at radius 2 is 2.12 bits per heavy atom. The molecule has 0 spiro atoms. The molecule has 1 atom stereocenters. The molecule has 1 aromatic carbocycles. The maximum absolute atomic E-state index is 14.9. The van der Waals surface area contributed by atoms with Gasteiger partial charge >= 0.3 is 0 Å². The van der Waals surface area contributed by atoms with Crippen molar-refractivity contribution in [2.75, 3.05) is 13.1 Å². The number of aliphatic hydroxyl groups is 2. The number of nitrogens with zero attached hydrogens (tertiary/aromatic N) is 3. The van der Waals surface area contributed by atoms with Gasteiger partial charge in [-0.2, -0.15) is 0 Å². The van der Waals surface area contributed by atoms with Crippen LogP contribution in [0.25, 0.3) is 11.4 Å². The third-order valence-electron chi connectivity index (χ3n) is 6.67. The highest BCUT2D eigenvalue weighted by Crippen LogP contribution is 2.53. The molecule has 0 radical (unpaired) electrons. The molecule has 1 saturated heterocycles. The van der Waals surface area contributed by atoms with E-state index in [0.717, 1.165) is 36.2 Å². The molecule has 32 heavy (non-hydrogen) atoms. The molecule has 1 aliphatic carbocycles. The summed E-state index contributed by atoms with van der Waals surface area (Å²) in [5, 5.41) is 19.9. The average molecular weight is 439 g/mol. The Kier molecular flexibility index (Phi) is 4.89. The van der Waals surface area contributed by atoms with Gasteiger partial charge in [-0.25, -0.2) is 9.37 Å². The van der Waals surface area contributed by atoms with Crippen molar-refractivity contribution in [3.63, 3.8) is 0 Å². The van der Waals surface area contributed by atoms with Crippen LogP contribution in [-0.4, -0.2) is 55.4 Å². The van der Waals surface area contributed by atoms with E-state index in [2.05, 4.69) is 26.3 Å². The zero-order chi connectivity index (χ0) is 22.8. The topological polar surface area (TPSA) is 105 Å². The highest BCUT2D eigenvalue weighted by atomic mass is 19.1. The molecule has 4 aliphatic rings. The summed E-state index contributed by atoms with van der Waals surface area (Å²) in [4.78, 5) is 19.1.